The van der Waals surface area contributed by atoms with Crippen molar-refractivity contribution in [2.24, 2.45) is 0 Å². The Bertz CT molecular complexity index is 444. The van der Waals surface area contributed by atoms with E-state index in [1.807, 2.05) is 0 Å². The predicted molar refractivity (Wildman–Crippen MR) is 98.7 cm³/mol. The van der Waals surface area contributed by atoms with Crippen LogP contribution in [0.5, 0.6) is 0 Å². The first-order valence-electron chi connectivity index (χ1n) is 9.41. The van der Waals surface area contributed by atoms with Crippen LogP contribution in [-0.4, -0.2) is 71.7 Å². The van der Waals surface area contributed by atoms with Crippen molar-refractivity contribution < 1.29 is 13.2 Å². The number of likely N-dealkylation sites (N-methyl/N-ethyl adjacent to an activating group) is 1. The van der Waals surface area contributed by atoms with E-state index in [4.69, 9.17) is 0 Å². The Kier molecular flexibility index (Phi) is 7.81. The third kappa shape index (κ3) is 6.48. The summed E-state index contributed by atoms with van der Waals surface area (Å²) in [5, 5.41) is 0. The molecule has 0 spiro atoms. The molecular weight excluding hydrogens is 327 g/mol. The van der Waals surface area contributed by atoms with Gasteiger partial charge in [-0.05, 0) is 48.0 Å². The lowest BCUT2D eigenvalue weighted by molar-refractivity contribution is -0.149. The molecule has 1 rings (SSSR count). The van der Waals surface area contributed by atoms with Crippen molar-refractivity contribution in [1.29, 1.82) is 0 Å². The first-order chi connectivity index (χ1) is 11.4. The van der Waals surface area contributed by atoms with Gasteiger partial charge < -0.3 is 4.90 Å². The summed E-state index contributed by atoms with van der Waals surface area (Å²) in [6.45, 7) is 17.8. The number of piperazine rings is 1. The summed E-state index contributed by atoms with van der Waals surface area (Å²) in [6, 6.07) is 0.215. The molecule has 0 N–H and O–H groups in total. The molecule has 148 valence electrons. The number of hydrogen-bond donors (Lipinski definition) is 0. The molecule has 0 amide bonds. The second-order valence-corrected chi connectivity index (χ2v) is 8.04. The summed E-state index contributed by atoms with van der Waals surface area (Å²) in [4.78, 5) is 6.29. The molecule has 1 fully saturated rings. The van der Waals surface area contributed by atoms with Gasteiger partial charge in [0.05, 0.1) is 6.54 Å². The highest BCUT2D eigenvalue weighted by Crippen LogP contribution is 2.28. The fourth-order valence-electron chi connectivity index (χ4n) is 3.73. The zero-order valence-electron chi connectivity index (χ0n) is 17.0. The van der Waals surface area contributed by atoms with E-state index >= 15 is 0 Å². The van der Waals surface area contributed by atoms with Crippen LogP contribution in [0.1, 0.15) is 54.9 Å². The van der Waals surface area contributed by atoms with E-state index in [9.17, 15) is 13.2 Å². The van der Waals surface area contributed by atoms with E-state index in [1.54, 1.807) is 0 Å². The van der Waals surface area contributed by atoms with Gasteiger partial charge in [0, 0.05) is 50.0 Å². The molecule has 1 heterocycles. The molecule has 0 aromatic carbocycles. The van der Waals surface area contributed by atoms with Crippen LogP contribution in [0.25, 0.3) is 0 Å². The molecule has 6 heteroatoms. The lowest BCUT2D eigenvalue weighted by Crippen LogP contribution is -2.54. The van der Waals surface area contributed by atoms with Crippen LogP contribution < -0.4 is 0 Å². The Labute approximate surface area is 151 Å². The van der Waals surface area contributed by atoms with Crippen molar-refractivity contribution in [1.82, 2.24) is 14.7 Å². The van der Waals surface area contributed by atoms with E-state index in [0.29, 0.717) is 26.2 Å². The lowest BCUT2D eigenvalue weighted by atomic mass is 9.97. The quantitative estimate of drug-likeness (QED) is 0.694. The van der Waals surface area contributed by atoms with Gasteiger partial charge in [0.25, 0.3) is 0 Å². The van der Waals surface area contributed by atoms with Crippen molar-refractivity contribution in [2.75, 3.05) is 39.3 Å². The van der Waals surface area contributed by atoms with Gasteiger partial charge in [-0.3, -0.25) is 9.80 Å². The number of hydrogen-bond acceptors (Lipinski definition) is 3. The Morgan fingerprint density at radius 3 is 1.92 bits per heavy atom. The molecule has 1 atom stereocenters. The van der Waals surface area contributed by atoms with Gasteiger partial charge in [-0.25, -0.2) is 0 Å². The van der Waals surface area contributed by atoms with Crippen LogP contribution in [0.4, 0.5) is 13.2 Å². The van der Waals surface area contributed by atoms with Gasteiger partial charge in [0.15, 0.2) is 0 Å². The monoisotopic (exact) mass is 363 g/mol. The van der Waals surface area contributed by atoms with Crippen LogP contribution in [-0.2, 0) is 0 Å². The minimum absolute atomic E-state index is 0.0207. The van der Waals surface area contributed by atoms with E-state index in [0.717, 1.165) is 13.0 Å². The maximum Gasteiger partial charge on any atom is 0.401 e. The lowest BCUT2D eigenvalue weighted by Gasteiger charge is -2.46. The topological polar surface area (TPSA) is 9.72 Å². The van der Waals surface area contributed by atoms with Gasteiger partial charge in [-0.2, -0.15) is 13.2 Å². The Morgan fingerprint density at radius 1 is 1.04 bits per heavy atom. The summed E-state index contributed by atoms with van der Waals surface area (Å²) in [7, 11) is 0. The molecule has 0 saturated carbocycles. The third-order valence-electron chi connectivity index (χ3n) is 5.14. The van der Waals surface area contributed by atoms with Gasteiger partial charge in [-0.1, -0.05) is 12.5 Å². The molecule has 0 bridgehead atoms. The standard InChI is InChI=1S/C19H36F3N3/c1-8-15(3)17(25(9-2)18(5,6)7)16(4)24-12-10-23(11-13-24)14-19(20,21)22/h16H,8-14H2,1-7H3/b17-15-. The summed E-state index contributed by atoms with van der Waals surface area (Å²) in [6.07, 6.45) is -3.12. The normalized spacial score (nSPS) is 20.4. The van der Waals surface area contributed by atoms with E-state index in [1.165, 1.54) is 16.2 Å². The predicted octanol–water partition coefficient (Wildman–Crippen LogP) is 4.36. The summed E-state index contributed by atoms with van der Waals surface area (Å²) in [5.41, 5.74) is 2.72. The molecular formula is C19H36F3N3. The van der Waals surface area contributed by atoms with Gasteiger partial charge in [0.2, 0.25) is 0 Å². The molecule has 0 radical (unpaired) electrons. The number of allylic oxidation sites excluding steroid dienone is 1. The van der Waals surface area contributed by atoms with Crippen molar-refractivity contribution in [3.63, 3.8) is 0 Å². The first-order valence-corrected chi connectivity index (χ1v) is 9.41. The van der Waals surface area contributed by atoms with Crippen molar-refractivity contribution in [3.8, 4) is 0 Å². The number of alkyl halides is 3. The minimum atomic E-state index is -4.11. The maximum atomic E-state index is 12.6. The van der Waals surface area contributed by atoms with Crippen molar-refractivity contribution in [2.45, 2.75) is 72.6 Å². The Balaban J connectivity index is 2.89. The Morgan fingerprint density at radius 2 is 1.56 bits per heavy atom. The number of nitrogens with zero attached hydrogens (tertiary/aromatic N) is 3. The minimum Gasteiger partial charge on any atom is -0.369 e. The maximum absolute atomic E-state index is 12.6. The molecule has 0 aromatic heterocycles. The van der Waals surface area contributed by atoms with Crippen LogP contribution in [0.2, 0.25) is 0 Å². The zero-order chi connectivity index (χ0) is 19.4. The van der Waals surface area contributed by atoms with E-state index in [2.05, 4.69) is 58.3 Å². The summed E-state index contributed by atoms with van der Waals surface area (Å²) in [5.74, 6) is 0. The average Bonchev–Trinajstić information content (AvgIpc) is 2.49. The van der Waals surface area contributed by atoms with Crippen molar-refractivity contribution in [3.05, 3.63) is 11.3 Å². The fraction of sp³-hybridized carbons (Fsp3) is 0.895. The van der Waals surface area contributed by atoms with E-state index in [-0.39, 0.29) is 11.6 Å². The van der Waals surface area contributed by atoms with Gasteiger partial charge >= 0.3 is 6.18 Å². The van der Waals surface area contributed by atoms with Gasteiger partial charge in [0.1, 0.15) is 0 Å². The van der Waals surface area contributed by atoms with Crippen molar-refractivity contribution >= 4 is 0 Å². The Hall–Kier alpha value is -0.750. The molecule has 1 unspecified atom stereocenters. The average molecular weight is 364 g/mol. The van der Waals surface area contributed by atoms with Crippen LogP contribution in [0, 0.1) is 0 Å². The van der Waals surface area contributed by atoms with Crippen LogP contribution in [0.3, 0.4) is 0 Å². The number of halogens is 3. The summed E-state index contributed by atoms with van der Waals surface area (Å²) < 4.78 is 37.8. The largest absolute Gasteiger partial charge is 0.401 e. The summed E-state index contributed by atoms with van der Waals surface area (Å²) >= 11 is 0. The molecule has 3 nitrogen and oxygen atoms in total. The van der Waals surface area contributed by atoms with E-state index < -0.39 is 12.7 Å². The molecule has 1 aliphatic rings. The highest BCUT2D eigenvalue weighted by Gasteiger charge is 2.34. The molecule has 0 aromatic rings. The second kappa shape index (κ2) is 8.76. The SMILES string of the molecule is CC/C(C)=C(/C(C)N1CCN(CC(F)(F)F)CC1)N(CC)C(C)(C)C. The molecule has 25 heavy (non-hydrogen) atoms. The fourth-order valence-corrected chi connectivity index (χ4v) is 3.73. The number of rotatable bonds is 6. The first kappa shape index (κ1) is 22.3. The molecule has 1 aliphatic heterocycles. The van der Waals surface area contributed by atoms with Crippen LogP contribution in [0.15, 0.2) is 11.3 Å². The highest BCUT2D eigenvalue weighted by molar-refractivity contribution is 5.19. The molecule has 1 saturated heterocycles. The molecule has 0 aliphatic carbocycles. The highest BCUT2D eigenvalue weighted by atomic mass is 19.4. The smallest absolute Gasteiger partial charge is 0.369 e. The van der Waals surface area contributed by atoms with Gasteiger partial charge in [-0.15, -0.1) is 0 Å². The second-order valence-electron chi connectivity index (χ2n) is 8.04. The zero-order valence-corrected chi connectivity index (χ0v) is 17.0. The van der Waals surface area contributed by atoms with Crippen LogP contribution >= 0.6 is 0 Å². The third-order valence-corrected chi connectivity index (χ3v) is 5.14.